The van der Waals surface area contributed by atoms with Crippen LogP contribution in [0.25, 0.3) is 0 Å². The predicted octanol–water partition coefficient (Wildman–Crippen LogP) is 1.97. The summed E-state index contributed by atoms with van der Waals surface area (Å²) in [5.41, 5.74) is 9.47. The Labute approximate surface area is 104 Å². The standard InChI is InChI=1S/C14H23N3/c1-4-11-6-8-12(9-7-11)13-10(3)14(15-5-2)17-16-13/h6-10,13-17H,4-5H2,1-3H3. The highest BCUT2D eigenvalue weighted by molar-refractivity contribution is 5.26. The van der Waals surface area contributed by atoms with Crippen LogP contribution in [0, 0.1) is 5.92 Å². The van der Waals surface area contributed by atoms with Gasteiger partial charge in [0.1, 0.15) is 0 Å². The fourth-order valence-corrected chi connectivity index (χ4v) is 2.44. The minimum absolute atomic E-state index is 0.357. The molecular formula is C14H23N3. The van der Waals surface area contributed by atoms with E-state index in [2.05, 4.69) is 61.2 Å². The molecule has 2 rings (SSSR count). The van der Waals surface area contributed by atoms with Gasteiger partial charge in [0.15, 0.2) is 0 Å². The number of hydrogen-bond donors (Lipinski definition) is 3. The summed E-state index contributed by atoms with van der Waals surface area (Å²) in [6, 6.07) is 9.32. The van der Waals surface area contributed by atoms with E-state index >= 15 is 0 Å². The molecule has 1 heterocycles. The van der Waals surface area contributed by atoms with E-state index in [0.29, 0.717) is 18.1 Å². The molecule has 3 atom stereocenters. The fourth-order valence-electron chi connectivity index (χ4n) is 2.44. The molecule has 0 bridgehead atoms. The molecule has 3 heteroatoms. The molecule has 17 heavy (non-hydrogen) atoms. The van der Waals surface area contributed by atoms with Crippen molar-refractivity contribution >= 4 is 0 Å². The van der Waals surface area contributed by atoms with Crippen LogP contribution in [0.5, 0.6) is 0 Å². The van der Waals surface area contributed by atoms with Gasteiger partial charge in [-0.15, -0.1) is 0 Å². The third-order valence-corrected chi connectivity index (χ3v) is 3.62. The van der Waals surface area contributed by atoms with E-state index in [4.69, 9.17) is 0 Å². The van der Waals surface area contributed by atoms with Crippen molar-refractivity contribution in [3.8, 4) is 0 Å². The van der Waals surface area contributed by atoms with Gasteiger partial charge >= 0.3 is 0 Å². The van der Waals surface area contributed by atoms with Crippen LogP contribution < -0.4 is 16.2 Å². The van der Waals surface area contributed by atoms with Gasteiger partial charge in [0.25, 0.3) is 0 Å². The molecular weight excluding hydrogens is 210 g/mol. The first-order chi connectivity index (χ1) is 8.26. The summed E-state index contributed by atoms with van der Waals surface area (Å²) < 4.78 is 0. The van der Waals surface area contributed by atoms with E-state index in [1.54, 1.807) is 0 Å². The van der Waals surface area contributed by atoms with Crippen molar-refractivity contribution in [2.75, 3.05) is 6.54 Å². The van der Waals surface area contributed by atoms with E-state index < -0.39 is 0 Å². The van der Waals surface area contributed by atoms with Gasteiger partial charge in [-0.1, -0.05) is 45.0 Å². The summed E-state index contributed by atoms with van der Waals surface area (Å²) in [7, 11) is 0. The molecule has 1 fully saturated rings. The predicted molar refractivity (Wildman–Crippen MR) is 71.5 cm³/mol. The van der Waals surface area contributed by atoms with Gasteiger partial charge in [-0.2, -0.15) is 0 Å². The van der Waals surface area contributed by atoms with Gasteiger partial charge in [0.2, 0.25) is 0 Å². The van der Waals surface area contributed by atoms with Gasteiger partial charge in [0.05, 0.1) is 12.2 Å². The van der Waals surface area contributed by atoms with Crippen molar-refractivity contribution in [2.24, 2.45) is 5.92 Å². The number of benzene rings is 1. The molecule has 0 spiro atoms. The molecule has 3 nitrogen and oxygen atoms in total. The first-order valence-electron chi connectivity index (χ1n) is 6.59. The monoisotopic (exact) mass is 233 g/mol. The van der Waals surface area contributed by atoms with Crippen molar-refractivity contribution in [1.29, 1.82) is 0 Å². The molecule has 0 aromatic heterocycles. The summed E-state index contributed by atoms with van der Waals surface area (Å²) in [4.78, 5) is 0. The molecule has 1 aromatic carbocycles. The van der Waals surface area contributed by atoms with Crippen molar-refractivity contribution in [3.05, 3.63) is 35.4 Å². The molecule has 1 aliphatic rings. The molecule has 0 amide bonds. The van der Waals surface area contributed by atoms with E-state index in [9.17, 15) is 0 Å². The Hall–Kier alpha value is -0.900. The Morgan fingerprint density at radius 2 is 1.82 bits per heavy atom. The van der Waals surface area contributed by atoms with Crippen LogP contribution in [0.15, 0.2) is 24.3 Å². The SMILES string of the molecule is CCNC1NNC(c2ccc(CC)cc2)C1C. The van der Waals surface area contributed by atoms with Crippen LogP contribution in [-0.4, -0.2) is 12.7 Å². The number of aryl methyl sites for hydroxylation is 1. The lowest BCUT2D eigenvalue weighted by Gasteiger charge is -2.19. The van der Waals surface area contributed by atoms with Crippen LogP contribution in [0.1, 0.15) is 37.9 Å². The Morgan fingerprint density at radius 1 is 1.12 bits per heavy atom. The van der Waals surface area contributed by atoms with Gasteiger partial charge in [0, 0.05) is 5.92 Å². The molecule has 3 N–H and O–H groups in total. The van der Waals surface area contributed by atoms with Crippen LogP contribution in [0.3, 0.4) is 0 Å². The minimum atomic E-state index is 0.357. The average molecular weight is 233 g/mol. The second-order valence-corrected chi connectivity index (χ2v) is 4.76. The maximum atomic E-state index is 3.44. The third kappa shape index (κ3) is 2.68. The van der Waals surface area contributed by atoms with Gasteiger partial charge < -0.3 is 5.32 Å². The summed E-state index contributed by atoms with van der Waals surface area (Å²) >= 11 is 0. The number of hydrazine groups is 1. The second-order valence-electron chi connectivity index (χ2n) is 4.76. The summed E-state index contributed by atoms with van der Waals surface area (Å²) in [5, 5.41) is 3.44. The second kappa shape index (κ2) is 5.63. The summed E-state index contributed by atoms with van der Waals surface area (Å²) in [6.45, 7) is 7.59. The highest BCUT2D eigenvalue weighted by atomic mass is 15.5. The molecule has 0 aliphatic carbocycles. The topological polar surface area (TPSA) is 36.1 Å². The minimum Gasteiger partial charge on any atom is -0.301 e. The van der Waals surface area contributed by atoms with E-state index in [1.807, 2.05) is 0 Å². The Kier molecular flexibility index (Phi) is 4.15. The lowest BCUT2D eigenvalue weighted by Crippen LogP contribution is -2.43. The lowest BCUT2D eigenvalue weighted by molar-refractivity contribution is 0.391. The van der Waals surface area contributed by atoms with E-state index in [0.717, 1.165) is 13.0 Å². The highest BCUT2D eigenvalue weighted by Gasteiger charge is 2.32. The number of nitrogens with one attached hydrogen (secondary N) is 3. The van der Waals surface area contributed by atoms with Crippen LogP contribution in [0.4, 0.5) is 0 Å². The van der Waals surface area contributed by atoms with Crippen LogP contribution in [0.2, 0.25) is 0 Å². The van der Waals surface area contributed by atoms with Gasteiger partial charge in [-0.05, 0) is 24.1 Å². The number of rotatable bonds is 4. The van der Waals surface area contributed by atoms with Crippen LogP contribution >= 0.6 is 0 Å². The lowest BCUT2D eigenvalue weighted by atomic mass is 9.93. The maximum absolute atomic E-state index is 3.44. The van der Waals surface area contributed by atoms with Crippen LogP contribution in [-0.2, 0) is 6.42 Å². The molecule has 0 radical (unpaired) electrons. The normalized spacial score (nSPS) is 28.5. The molecule has 1 aliphatic heterocycles. The first-order valence-corrected chi connectivity index (χ1v) is 6.59. The number of hydrogen-bond acceptors (Lipinski definition) is 3. The molecule has 1 aromatic rings. The molecule has 0 saturated carbocycles. The Balaban J connectivity index is 2.07. The maximum Gasteiger partial charge on any atom is 0.0748 e. The average Bonchev–Trinajstić information content (AvgIpc) is 2.72. The molecule has 94 valence electrons. The molecule has 1 saturated heterocycles. The van der Waals surface area contributed by atoms with Gasteiger partial charge in [-0.25, -0.2) is 10.9 Å². The Morgan fingerprint density at radius 3 is 2.41 bits per heavy atom. The van der Waals surface area contributed by atoms with Crippen molar-refractivity contribution in [2.45, 2.75) is 39.4 Å². The van der Waals surface area contributed by atoms with E-state index in [1.165, 1.54) is 11.1 Å². The first kappa shape index (κ1) is 12.6. The van der Waals surface area contributed by atoms with Crippen molar-refractivity contribution < 1.29 is 0 Å². The zero-order valence-corrected chi connectivity index (χ0v) is 11.0. The quantitative estimate of drug-likeness (QED) is 0.744. The smallest absolute Gasteiger partial charge is 0.0748 e. The van der Waals surface area contributed by atoms with E-state index in [-0.39, 0.29) is 0 Å². The highest BCUT2D eigenvalue weighted by Crippen LogP contribution is 2.27. The Bertz CT molecular complexity index is 347. The zero-order valence-electron chi connectivity index (χ0n) is 11.0. The third-order valence-electron chi connectivity index (χ3n) is 3.62. The molecule has 3 unspecified atom stereocenters. The zero-order chi connectivity index (χ0) is 12.3. The fraction of sp³-hybridized carbons (Fsp3) is 0.571. The van der Waals surface area contributed by atoms with Gasteiger partial charge in [-0.3, -0.25) is 0 Å². The summed E-state index contributed by atoms with van der Waals surface area (Å²) in [6.07, 6.45) is 1.46. The largest absolute Gasteiger partial charge is 0.301 e. The summed E-state index contributed by atoms with van der Waals surface area (Å²) in [5.74, 6) is 0.544. The van der Waals surface area contributed by atoms with Crippen molar-refractivity contribution in [1.82, 2.24) is 16.2 Å². The van der Waals surface area contributed by atoms with Crippen molar-refractivity contribution in [3.63, 3.8) is 0 Å².